The minimum atomic E-state index is 0.0595. The van der Waals surface area contributed by atoms with E-state index in [0.29, 0.717) is 22.6 Å². The second kappa shape index (κ2) is 5.95. The lowest BCUT2D eigenvalue weighted by molar-refractivity contribution is 0.102. The maximum Gasteiger partial charge on any atom is 0.171 e. The lowest BCUT2D eigenvalue weighted by Gasteiger charge is -2.43. The van der Waals surface area contributed by atoms with Crippen molar-refractivity contribution in [3.63, 3.8) is 0 Å². The normalized spacial score (nSPS) is 24.1. The molecule has 1 saturated heterocycles. The highest BCUT2D eigenvalue weighted by Gasteiger charge is 2.30. The van der Waals surface area contributed by atoms with Crippen LogP contribution in [0.4, 0.5) is 10.7 Å². The fourth-order valence-corrected chi connectivity index (χ4v) is 4.75. The summed E-state index contributed by atoms with van der Waals surface area (Å²) in [5.41, 5.74) is 6.81. The zero-order chi connectivity index (χ0) is 15.0. The van der Waals surface area contributed by atoms with Gasteiger partial charge < -0.3 is 10.6 Å². The van der Waals surface area contributed by atoms with Gasteiger partial charge in [0.1, 0.15) is 5.00 Å². The fourth-order valence-electron chi connectivity index (χ4n) is 2.65. The highest BCUT2D eigenvalue weighted by atomic mass is 32.2. The molecule has 112 valence electrons. The number of piperazine rings is 1. The third kappa shape index (κ3) is 2.69. The van der Waals surface area contributed by atoms with Crippen LogP contribution in [0.5, 0.6) is 0 Å². The van der Waals surface area contributed by atoms with E-state index in [1.165, 1.54) is 0 Å². The molecule has 2 unspecified atom stereocenters. The maximum atomic E-state index is 11.7. The third-order valence-electron chi connectivity index (χ3n) is 4.05. The van der Waals surface area contributed by atoms with Gasteiger partial charge in [-0.3, -0.25) is 9.69 Å². The van der Waals surface area contributed by atoms with E-state index in [-0.39, 0.29) is 5.78 Å². The Hall–Kier alpha value is -0.720. The van der Waals surface area contributed by atoms with Crippen LogP contribution < -0.4 is 10.6 Å². The first-order chi connectivity index (χ1) is 9.36. The SMILES string of the molecule is CSc1c(N2CC(C)N(C)C(C)C2)sc(C(C)=O)c1N. The van der Waals surface area contributed by atoms with Gasteiger partial charge in [-0.15, -0.1) is 23.1 Å². The maximum absolute atomic E-state index is 11.7. The van der Waals surface area contributed by atoms with Crippen LogP contribution in [0.25, 0.3) is 0 Å². The van der Waals surface area contributed by atoms with Crippen molar-refractivity contribution in [3.05, 3.63) is 4.88 Å². The van der Waals surface area contributed by atoms with Gasteiger partial charge in [-0.2, -0.15) is 0 Å². The number of Topliss-reactive ketones (excluding diaryl/α,β-unsaturated/α-hetero) is 1. The number of anilines is 2. The molecule has 2 N–H and O–H groups in total. The van der Waals surface area contributed by atoms with Crippen LogP contribution in [0, 0.1) is 0 Å². The number of nitrogen functional groups attached to an aromatic ring is 1. The van der Waals surface area contributed by atoms with Crippen molar-refractivity contribution < 1.29 is 4.79 Å². The molecule has 1 aliphatic rings. The van der Waals surface area contributed by atoms with E-state index in [9.17, 15) is 4.79 Å². The molecule has 4 nitrogen and oxygen atoms in total. The lowest BCUT2D eigenvalue weighted by atomic mass is 10.1. The molecule has 1 fully saturated rings. The summed E-state index contributed by atoms with van der Waals surface area (Å²) in [5, 5.41) is 1.16. The summed E-state index contributed by atoms with van der Waals surface area (Å²) in [6, 6.07) is 0.995. The quantitative estimate of drug-likeness (QED) is 0.687. The number of carbonyl (C=O) groups excluding carboxylic acids is 1. The molecule has 0 saturated carbocycles. The first-order valence-corrected chi connectivity index (χ1v) is 8.85. The van der Waals surface area contributed by atoms with E-state index < -0.39 is 0 Å². The number of hydrogen-bond acceptors (Lipinski definition) is 6. The molecule has 2 atom stereocenters. The Balaban J connectivity index is 2.37. The molecule has 1 aromatic heterocycles. The number of ketones is 1. The summed E-state index contributed by atoms with van der Waals surface area (Å²) in [6.45, 7) is 8.03. The Morgan fingerprint density at radius 3 is 2.35 bits per heavy atom. The van der Waals surface area contributed by atoms with Crippen molar-refractivity contribution in [1.29, 1.82) is 0 Å². The molecule has 2 heterocycles. The predicted octanol–water partition coefficient (Wildman–Crippen LogP) is 2.78. The van der Waals surface area contributed by atoms with Crippen LogP contribution in [0.15, 0.2) is 4.90 Å². The first-order valence-electron chi connectivity index (χ1n) is 6.80. The molecule has 20 heavy (non-hydrogen) atoms. The summed E-state index contributed by atoms with van der Waals surface area (Å²) in [5.74, 6) is 0.0595. The average Bonchev–Trinajstić information content (AvgIpc) is 2.72. The molecule has 6 heteroatoms. The molecule has 0 radical (unpaired) electrons. The van der Waals surface area contributed by atoms with Crippen molar-refractivity contribution in [2.75, 3.05) is 37.0 Å². The summed E-state index contributed by atoms with van der Waals surface area (Å²) >= 11 is 3.18. The summed E-state index contributed by atoms with van der Waals surface area (Å²) < 4.78 is 0. The minimum Gasteiger partial charge on any atom is -0.396 e. The van der Waals surface area contributed by atoms with Gasteiger partial charge in [-0.1, -0.05) is 0 Å². The number of thioether (sulfide) groups is 1. The van der Waals surface area contributed by atoms with Crippen LogP contribution in [0.2, 0.25) is 0 Å². The molecule has 0 aromatic carbocycles. The summed E-state index contributed by atoms with van der Waals surface area (Å²) in [7, 11) is 2.17. The summed E-state index contributed by atoms with van der Waals surface area (Å²) in [6.07, 6.45) is 2.02. The van der Waals surface area contributed by atoms with Crippen LogP contribution in [0.1, 0.15) is 30.4 Å². The van der Waals surface area contributed by atoms with Crippen molar-refractivity contribution in [2.45, 2.75) is 37.8 Å². The molecule has 2 rings (SSSR count). The van der Waals surface area contributed by atoms with Gasteiger partial charge in [0, 0.05) is 32.1 Å². The van der Waals surface area contributed by atoms with Crippen molar-refractivity contribution >= 4 is 39.6 Å². The molecule has 0 bridgehead atoms. The highest BCUT2D eigenvalue weighted by molar-refractivity contribution is 7.99. The Bertz CT molecular complexity index is 503. The minimum absolute atomic E-state index is 0.0595. The van der Waals surface area contributed by atoms with E-state index in [0.717, 1.165) is 23.0 Å². The molecular formula is C14H23N3OS2. The molecule has 0 amide bonds. The topological polar surface area (TPSA) is 49.6 Å². The second-order valence-electron chi connectivity index (χ2n) is 5.51. The monoisotopic (exact) mass is 313 g/mol. The second-order valence-corrected chi connectivity index (χ2v) is 7.32. The van der Waals surface area contributed by atoms with Gasteiger partial charge in [0.2, 0.25) is 0 Å². The van der Waals surface area contributed by atoms with Gasteiger partial charge in [0.05, 0.1) is 15.5 Å². The number of nitrogens with two attached hydrogens (primary N) is 1. The molecule has 0 aliphatic carbocycles. The van der Waals surface area contributed by atoms with Crippen molar-refractivity contribution in [1.82, 2.24) is 4.90 Å². The van der Waals surface area contributed by atoms with Gasteiger partial charge in [-0.05, 0) is 27.2 Å². The van der Waals surface area contributed by atoms with E-state index >= 15 is 0 Å². The van der Waals surface area contributed by atoms with Crippen LogP contribution >= 0.6 is 23.1 Å². The zero-order valence-corrected chi connectivity index (χ0v) is 14.4. The molecule has 1 aliphatic heterocycles. The Kier molecular flexibility index (Phi) is 4.66. The molecular weight excluding hydrogens is 290 g/mol. The van der Waals surface area contributed by atoms with E-state index in [1.807, 2.05) is 6.26 Å². The van der Waals surface area contributed by atoms with E-state index in [2.05, 4.69) is 30.7 Å². The Morgan fingerprint density at radius 2 is 1.90 bits per heavy atom. The van der Waals surface area contributed by atoms with Gasteiger partial charge >= 0.3 is 0 Å². The number of rotatable bonds is 3. The molecule has 1 aromatic rings. The number of carbonyl (C=O) groups is 1. The number of hydrogen-bond donors (Lipinski definition) is 1. The first kappa shape index (κ1) is 15.7. The highest BCUT2D eigenvalue weighted by Crippen LogP contribution is 2.44. The van der Waals surface area contributed by atoms with Crippen LogP contribution in [0.3, 0.4) is 0 Å². The third-order valence-corrected chi connectivity index (χ3v) is 6.37. The van der Waals surface area contributed by atoms with Crippen molar-refractivity contribution in [2.24, 2.45) is 0 Å². The van der Waals surface area contributed by atoms with E-state index in [4.69, 9.17) is 5.73 Å². The van der Waals surface area contributed by atoms with Gasteiger partial charge in [0.25, 0.3) is 0 Å². The lowest BCUT2D eigenvalue weighted by Crippen LogP contribution is -2.55. The Labute approximate surface area is 129 Å². The fraction of sp³-hybridized carbons (Fsp3) is 0.643. The number of likely N-dealkylation sites (N-methyl/N-ethyl adjacent to an activating group) is 1. The van der Waals surface area contributed by atoms with Gasteiger partial charge in [-0.25, -0.2) is 0 Å². The van der Waals surface area contributed by atoms with Crippen LogP contribution in [-0.2, 0) is 0 Å². The number of thiophene rings is 1. The predicted molar refractivity (Wildman–Crippen MR) is 89.4 cm³/mol. The smallest absolute Gasteiger partial charge is 0.171 e. The summed E-state index contributed by atoms with van der Waals surface area (Å²) in [4.78, 5) is 18.2. The van der Waals surface area contributed by atoms with Gasteiger partial charge in [0.15, 0.2) is 5.78 Å². The van der Waals surface area contributed by atoms with Crippen molar-refractivity contribution in [3.8, 4) is 0 Å². The zero-order valence-electron chi connectivity index (χ0n) is 12.8. The largest absolute Gasteiger partial charge is 0.396 e. The average molecular weight is 313 g/mol. The standard InChI is InChI=1S/C14H23N3OS2/c1-8-6-17(7-9(2)16(8)4)14-13(19-5)11(15)12(20-14)10(3)18/h8-9H,6-7,15H2,1-5H3. The molecule has 0 spiro atoms. The van der Waals surface area contributed by atoms with Crippen LogP contribution in [-0.4, -0.2) is 49.2 Å². The number of nitrogens with zero attached hydrogens (tertiary/aromatic N) is 2. The van der Waals surface area contributed by atoms with E-state index in [1.54, 1.807) is 30.0 Å². The Morgan fingerprint density at radius 1 is 1.35 bits per heavy atom.